The molecule has 0 spiro atoms. The minimum Gasteiger partial charge on any atom is -0.480 e. The summed E-state index contributed by atoms with van der Waals surface area (Å²) in [6.07, 6.45) is 0. The second-order valence-electron chi connectivity index (χ2n) is 2.16. The predicted molar refractivity (Wildman–Crippen MR) is 46.5 cm³/mol. The van der Waals surface area contributed by atoms with Gasteiger partial charge >= 0.3 is 18.7 Å². The summed E-state index contributed by atoms with van der Waals surface area (Å²) >= 11 is -0.103. The van der Waals surface area contributed by atoms with Gasteiger partial charge in [0.2, 0.25) is 0 Å². The van der Waals surface area contributed by atoms with Crippen LogP contribution in [-0.2, 0) is 14.2 Å². The third-order valence-corrected chi connectivity index (χ3v) is 2.88. The number of carboxylic acids is 2. The fourth-order valence-electron chi connectivity index (χ4n) is 0.566. The van der Waals surface area contributed by atoms with Gasteiger partial charge in [-0.25, -0.2) is 8.87 Å². The maximum absolute atomic E-state index is 10.4. The number of hydrogen-bond donors (Lipinski definition) is 4. The van der Waals surface area contributed by atoms with Gasteiger partial charge in [-0.15, -0.1) is 0 Å². The molecule has 0 aliphatic carbocycles. The zero-order valence-corrected chi connectivity index (χ0v) is 8.44. The molecule has 14 heavy (non-hydrogen) atoms. The number of aliphatic carboxylic acids is 2. The first-order valence-corrected chi connectivity index (χ1v) is 6.13. The van der Waals surface area contributed by atoms with Crippen LogP contribution < -0.4 is 0 Å². The molecule has 0 aromatic heterocycles. The lowest BCUT2D eigenvalue weighted by Gasteiger charge is -2.16. The molecule has 4 N–H and O–H groups in total. The molecule has 0 saturated carbocycles. The van der Waals surface area contributed by atoms with E-state index < -0.39 is 31.8 Å². The molecule has 0 saturated heterocycles. The molecule has 0 heterocycles. The number of nitrogens with zero attached hydrogens (tertiary/aromatic N) is 1. The van der Waals surface area contributed by atoms with Crippen molar-refractivity contribution in [2.24, 2.45) is 0 Å². The average Bonchev–Trinajstić information content (AvgIpc) is 1.77. The Kier molecular flexibility index (Phi) is 5.09. The lowest BCUT2D eigenvalue weighted by atomic mass is 10.6. The largest absolute Gasteiger partial charge is 0.480 e. The van der Waals surface area contributed by atoms with Crippen LogP contribution in [0, 0.1) is 0 Å². The molecule has 0 rings (SSSR count). The molecule has 0 aliphatic heterocycles. The maximum atomic E-state index is 10.4. The van der Waals surface area contributed by atoms with Gasteiger partial charge in [-0.1, -0.05) is 0 Å². The van der Waals surface area contributed by atoms with Crippen molar-refractivity contribution in [3.8, 4) is 0 Å². The Hall–Kier alpha value is -0.600. The van der Waals surface area contributed by atoms with Gasteiger partial charge in [0.05, 0.1) is 0 Å². The Balaban J connectivity index is 4.32. The van der Waals surface area contributed by atoms with Crippen molar-refractivity contribution in [1.29, 1.82) is 0 Å². The predicted octanol–water partition coefficient (Wildman–Crippen LogP) is -0.801. The SMILES string of the molecule is O=C(O)CN(CC(=O)O)SP(=O)(O)O. The molecular formula is C4H8NO7PS. The third kappa shape index (κ3) is 8.02. The van der Waals surface area contributed by atoms with Crippen LogP contribution in [0.5, 0.6) is 0 Å². The zero-order chi connectivity index (χ0) is 11.4. The Bertz CT molecular complexity index is 259. The van der Waals surface area contributed by atoms with Crippen LogP contribution in [0.15, 0.2) is 0 Å². The first-order valence-electron chi connectivity index (χ1n) is 3.14. The molecule has 0 fully saturated rings. The summed E-state index contributed by atoms with van der Waals surface area (Å²) in [6, 6.07) is 0. The molecule has 0 radical (unpaired) electrons. The Morgan fingerprint density at radius 2 is 1.50 bits per heavy atom. The summed E-state index contributed by atoms with van der Waals surface area (Å²) in [5, 5.41) is 16.6. The van der Waals surface area contributed by atoms with Crippen LogP contribution in [0.3, 0.4) is 0 Å². The fraction of sp³-hybridized carbons (Fsp3) is 0.500. The normalized spacial score (nSPS) is 11.6. The van der Waals surface area contributed by atoms with E-state index in [0.29, 0.717) is 4.31 Å². The molecule has 10 heteroatoms. The van der Waals surface area contributed by atoms with Gasteiger partial charge in [-0.3, -0.25) is 9.59 Å². The van der Waals surface area contributed by atoms with E-state index in [1.807, 2.05) is 0 Å². The van der Waals surface area contributed by atoms with E-state index in [0.717, 1.165) is 0 Å². The Labute approximate surface area is 82.6 Å². The quantitative estimate of drug-likeness (QED) is 0.350. The average molecular weight is 245 g/mol. The van der Waals surface area contributed by atoms with Gasteiger partial charge < -0.3 is 20.0 Å². The van der Waals surface area contributed by atoms with Gasteiger partial charge in [0.1, 0.15) is 13.1 Å². The summed E-state index contributed by atoms with van der Waals surface area (Å²) in [4.78, 5) is 37.3. The van der Waals surface area contributed by atoms with Gasteiger partial charge in [-0.2, -0.15) is 0 Å². The van der Waals surface area contributed by atoms with Crippen LogP contribution >= 0.6 is 18.4 Å². The summed E-state index contributed by atoms with van der Waals surface area (Å²) in [7, 11) is 0. The monoisotopic (exact) mass is 245 g/mol. The first-order chi connectivity index (χ1) is 6.20. The molecule has 82 valence electrons. The van der Waals surface area contributed by atoms with Gasteiger partial charge in [0.15, 0.2) is 0 Å². The molecule has 0 aliphatic rings. The standard InChI is InChI=1S/C4H8NO7PS/c6-3(7)1-5(2-4(8)9)14-13(10,11)12/h1-2H2,(H,6,7)(H,8,9)(H2,10,11,12). The van der Waals surface area contributed by atoms with E-state index in [4.69, 9.17) is 20.0 Å². The zero-order valence-electron chi connectivity index (χ0n) is 6.73. The molecule has 8 nitrogen and oxygen atoms in total. The van der Waals surface area contributed by atoms with Crippen LogP contribution in [0.4, 0.5) is 0 Å². The van der Waals surface area contributed by atoms with E-state index in [-0.39, 0.29) is 11.6 Å². The lowest BCUT2D eigenvalue weighted by molar-refractivity contribution is -0.139. The van der Waals surface area contributed by atoms with Crippen molar-refractivity contribution in [3.05, 3.63) is 0 Å². The molecule has 0 aromatic rings. The van der Waals surface area contributed by atoms with E-state index in [1.165, 1.54) is 0 Å². The number of hydrogen-bond acceptors (Lipinski definition) is 5. The van der Waals surface area contributed by atoms with Crippen molar-refractivity contribution in [2.75, 3.05) is 13.1 Å². The molecule has 0 atom stereocenters. The van der Waals surface area contributed by atoms with Gasteiger partial charge in [-0.05, 0) is 0 Å². The topological polar surface area (TPSA) is 135 Å². The minimum atomic E-state index is -4.52. The lowest BCUT2D eigenvalue weighted by Crippen LogP contribution is -2.28. The third-order valence-electron chi connectivity index (χ3n) is 0.845. The second-order valence-corrected chi connectivity index (χ2v) is 5.74. The van der Waals surface area contributed by atoms with Crippen molar-refractivity contribution >= 4 is 30.3 Å². The maximum Gasteiger partial charge on any atom is 0.398 e. The molecule has 0 unspecified atom stereocenters. The summed E-state index contributed by atoms with van der Waals surface area (Å²) in [6.45, 7) is -6.04. The van der Waals surface area contributed by atoms with Gasteiger partial charge in [0, 0.05) is 11.6 Å². The minimum absolute atomic E-state index is 0.103. The van der Waals surface area contributed by atoms with E-state index >= 15 is 0 Å². The molecule has 0 bridgehead atoms. The summed E-state index contributed by atoms with van der Waals surface area (Å²) in [5.41, 5.74) is 0. The number of carboxylic acid groups (broad SMARTS) is 2. The van der Waals surface area contributed by atoms with Crippen LogP contribution in [0.2, 0.25) is 0 Å². The second kappa shape index (κ2) is 5.32. The van der Waals surface area contributed by atoms with E-state index in [1.54, 1.807) is 0 Å². The van der Waals surface area contributed by atoms with Crippen molar-refractivity contribution in [2.45, 2.75) is 0 Å². The molecular weight excluding hydrogens is 237 g/mol. The highest BCUT2D eigenvalue weighted by atomic mass is 32.7. The molecule has 0 aromatic carbocycles. The fourth-order valence-corrected chi connectivity index (χ4v) is 2.45. The Morgan fingerprint density at radius 3 is 1.71 bits per heavy atom. The highest BCUT2D eigenvalue weighted by molar-refractivity contribution is 8.53. The summed E-state index contributed by atoms with van der Waals surface area (Å²) < 4.78 is 11.0. The first kappa shape index (κ1) is 13.4. The summed E-state index contributed by atoms with van der Waals surface area (Å²) in [5.74, 6) is -2.74. The number of carbonyl (C=O) groups is 2. The van der Waals surface area contributed by atoms with E-state index in [2.05, 4.69) is 0 Å². The highest BCUT2D eigenvalue weighted by Gasteiger charge is 2.24. The number of rotatable bonds is 6. The van der Waals surface area contributed by atoms with Crippen molar-refractivity contribution in [3.63, 3.8) is 0 Å². The highest BCUT2D eigenvalue weighted by Crippen LogP contribution is 2.51. The Morgan fingerprint density at radius 1 is 1.14 bits per heavy atom. The van der Waals surface area contributed by atoms with Crippen molar-refractivity contribution in [1.82, 2.24) is 4.31 Å². The van der Waals surface area contributed by atoms with Crippen molar-refractivity contribution < 1.29 is 34.2 Å². The van der Waals surface area contributed by atoms with Crippen LogP contribution in [0.25, 0.3) is 0 Å². The van der Waals surface area contributed by atoms with Crippen LogP contribution in [0.1, 0.15) is 0 Å². The smallest absolute Gasteiger partial charge is 0.398 e. The van der Waals surface area contributed by atoms with Crippen LogP contribution in [-0.4, -0.2) is 49.3 Å². The van der Waals surface area contributed by atoms with Gasteiger partial charge in [0.25, 0.3) is 0 Å². The molecule has 0 amide bonds. The van der Waals surface area contributed by atoms with E-state index in [9.17, 15) is 14.2 Å².